The summed E-state index contributed by atoms with van der Waals surface area (Å²) in [6, 6.07) is 0. The largest absolute Gasteiger partial charge is 0.392 e. The van der Waals surface area contributed by atoms with Gasteiger partial charge in [-0.25, -0.2) is 0 Å². The molecule has 1 fully saturated rings. The summed E-state index contributed by atoms with van der Waals surface area (Å²) in [5.41, 5.74) is 0.132. The van der Waals surface area contributed by atoms with Crippen molar-refractivity contribution >= 4 is 0 Å². The van der Waals surface area contributed by atoms with Crippen LogP contribution in [0.3, 0.4) is 0 Å². The molecule has 1 unspecified atom stereocenters. The molecule has 2 nitrogen and oxygen atoms in total. The van der Waals surface area contributed by atoms with Gasteiger partial charge in [-0.3, -0.25) is 0 Å². The summed E-state index contributed by atoms with van der Waals surface area (Å²) in [6.07, 6.45) is 1.91. The molecule has 66 valence electrons. The van der Waals surface area contributed by atoms with Crippen LogP contribution in [0.4, 0.5) is 0 Å². The van der Waals surface area contributed by atoms with Gasteiger partial charge in [0.2, 0.25) is 0 Å². The van der Waals surface area contributed by atoms with Crippen molar-refractivity contribution < 1.29 is 5.11 Å². The number of hydrogen-bond donors (Lipinski definition) is 1. The summed E-state index contributed by atoms with van der Waals surface area (Å²) < 4.78 is 0. The lowest BCUT2D eigenvalue weighted by atomic mass is 9.77. The van der Waals surface area contributed by atoms with Gasteiger partial charge in [0.05, 0.1) is 6.10 Å². The van der Waals surface area contributed by atoms with Crippen molar-refractivity contribution in [3.63, 3.8) is 0 Å². The second-order valence-electron chi connectivity index (χ2n) is 4.05. The first-order valence-electron chi connectivity index (χ1n) is 4.45. The van der Waals surface area contributed by atoms with Crippen LogP contribution in [0, 0.1) is 5.41 Å². The maximum absolute atomic E-state index is 9.72. The lowest BCUT2D eigenvalue weighted by Gasteiger charge is -2.42. The van der Waals surface area contributed by atoms with Crippen LogP contribution in [0.2, 0.25) is 0 Å². The Labute approximate surface area is 69.2 Å². The zero-order valence-corrected chi connectivity index (χ0v) is 7.80. The highest BCUT2D eigenvalue weighted by Gasteiger charge is 2.35. The van der Waals surface area contributed by atoms with E-state index in [9.17, 15) is 5.11 Å². The number of piperidine rings is 1. The molecule has 0 aromatic heterocycles. The van der Waals surface area contributed by atoms with Crippen LogP contribution in [0.1, 0.15) is 26.7 Å². The fourth-order valence-corrected chi connectivity index (χ4v) is 1.84. The van der Waals surface area contributed by atoms with Crippen molar-refractivity contribution in [2.45, 2.75) is 32.8 Å². The van der Waals surface area contributed by atoms with Crippen molar-refractivity contribution in [1.82, 2.24) is 4.90 Å². The van der Waals surface area contributed by atoms with Crippen LogP contribution in [-0.2, 0) is 0 Å². The summed E-state index contributed by atoms with van der Waals surface area (Å²) >= 11 is 0. The molecule has 0 spiro atoms. The van der Waals surface area contributed by atoms with E-state index in [1.807, 2.05) is 0 Å². The molecule has 11 heavy (non-hydrogen) atoms. The lowest BCUT2D eigenvalue weighted by molar-refractivity contribution is -0.0299. The summed E-state index contributed by atoms with van der Waals surface area (Å²) in [5.74, 6) is 0. The van der Waals surface area contributed by atoms with Crippen molar-refractivity contribution in [1.29, 1.82) is 0 Å². The van der Waals surface area contributed by atoms with Crippen LogP contribution in [0.15, 0.2) is 0 Å². The summed E-state index contributed by atoms with van der Waals surface area (Å²) in [6.45, 7) is 6.40. The number of nitrogens with zero attached hydrogens (tertiary/aromatic N) is 1. The molecule has 0 aliphatic carbocycles. The third-order valence-electron chi connectivity index (χ3n) is 3.03. The second-order valence-corrected chi connectivity index (χ2v) is 4.05. The average molecular weight is 157 g/mol. The molecule has 1 heterocycles. The van der Waals surface area contributed by atoms with Crippen molar-refractivity contribution in [3.05, 3.63) is 0 Å². The molecule has 1 aliphatic rings. The van der Waals surface area contributed by atoms with Crippen LogP contribution in [0.25, 0.3) is 0 Å². The van der Waals surface area contributed by atoms with Gasteiger partial charge in [-0.15, -0.1) is 0 Å². The van der Waals surface area contributed by atoms with Gasteiger partial charge in [-0.2, -0.15) is 0 Å². The molecule has 0 aromatic rings. The molecular formula is C9H19NO. The quantitative estimate of drug-likeness (QED) is 0.616. The van der Waals surface area contributed by atoms with Crippen molar-refractivity contribution in [2.24, 2.45) is 5.41 Å². The molecule has 0 saturated carbocycles. The molecule has 2 heteroatoms. The Morgan fingerprint density at radius 2 is 2.27 bits per heavy atom. The standard InChI is InChI=1S/C9H19NO/c1-4-9(2)7-10(3)6-5-8(9)11/h8,11H,4-7H2,1-3H3/t8-,9?/m0/s1. The zero-order valence-electron chi connectivity index (χ0n) is 7.80. The SMILES string of the molecule is CCC1(C)CN(C)CC[C@@H]1O. The minimum Gasteiger partial charge on any atom is -0.392 e. The third-order valence-corrected chi connectivity index (χ3v) is 3.03. The Morgan fingerprint density at radius 3 is 2.73 bits per heavy atom. The molecule has 1 rings (SSSR count). The Bertz CT molecular complexity index is 138. The predicted octanol–water partition coefficient (Wildman–Crippen LogP) is 1.10. The number of hydrogen-bond acceptors (Lipinski definition) is 2. The van der Waals surface area contributed by atoms with Crippen LogP contribution < -0.4 is 0 Å². The monoisotopic (exact) mass is 157 g/mol. The first-order chi connectivity index (χ1) is 5.08. The van der Waals surface area contributed by atoms with E-state index < -0.39 is 0 Å². The summed E-state index contributed by atoms with van der Waals surface area (Å²) in [5, 5.41) is 9.72. The fourth-order valence-electron chi connectivity index (χ4n) is 1.84. The zero-order chi connectivity index (χ0) is 8.48. The van der Waals surface area contributed by atoms with E-state index in [-0.39, 0.29) is 11.5 Å². The van der Waals surface area contributed by atoms with Gasteiger partial charge in [-0.05, 0) is 19.9 Å². The predicted molar refractivity (Wildman–Crippen MR) is 46.5 cm³/mol. The van der Waals surface area contributed by atoms with Gasteiger partial charge in [0.25, 0.3) is 0 Å². The average Bonchev–Trinajstić information content (AvgIpc) is 1.98. The Morgan fingerprint density at radius 1 is 1.64 bits per heavy atom. The first-order valence-corrected chi connectivity index (χ1v) is 4.45. The van der Waals surface area contributed by atoms with Gasteiger partial charge < -0.3 is 10.0 Å². The summed E-state index contributed by atoms with van der Waals surface area (Å²) in [4.78, 5) is 2.30. The Kier molecular flexibility index (Phi) is 2.55. The first kappa shape index (κ1) is 9.01. The highest BCUT2D eigenvalue weighted by atomic mass is 16.3. The number of aliphatic hydroxyl groups excluding tert-OH is 1. The van der Waals surface area contributed by atoms with E-state index in [1.54, 1.807) is 0 Å². The van der Waals surface area contributed by atoms with Gasteiger partial charge in [-0.1, -0.05) is 13.8 Å². The fraction of sp³-hybridized carbons (Fsp3) is 1.00. The van der Waals surface area contributed by atoms with E-state index in [0.717, 1.165) is 25.9 Å². The summed E-state index contributed by atoms with van der Waals surface area (Å²) in [7, 11) is 2.12. The molecule has 2 atom stereocenters. The molecule has 1 saturated heterocycles. The van der Waals surface area contributed by atoms with Crippen molar-refractivity contribution in [3.8, 4) is 0 Å². The molecule has 1 aliphatic heterocycles. The van der Waals surface area contributed by atoms with E-state index >= 15 is 0 Å². The molecule has 0 amide bonds. The van der Waals surface area contributed by atoms with Crippen LogP contribution in [0.5, 0.6) is 0 Å². The Hall–Kier alpha value is -0.0800. The molecule has 0 bridgehead atoms. The van der Waals surface area contributed by atoms with Crippen LogP contribution >= 0.6 is 0 Å². The van der Waals surface area contributed by atoms with E-state index in [2.05, 4.69) is 25.8 Å². The minimum absolute atomic E-state index is 0.0938. The lowest BCUT2D eigenvalue weighted by Crippen LogP contribution is -2.48. The van der Waals surface area contributed by atoms with Gasteiger partial charge in [0.15, 0.2) is 0 Å². The molecular weight excluding hydrogens is 138 g/mol. The van der Waals surface area contributed by atoms with Crippen LogP contribution in [-0.4, -0.2) is 36.2 Å². The van der Waals surface area contributed by atoms with E-state index in [1.165, 1.54) is 0 Å². The molecule has 0 radical (unpaired) electrons. The maximum Gasteiger partial charge on any atom is 0.0618 e. The van der Waals surface area contributed by atoms with Gasteiger partial charge >= 0.3 is 0 Å². The molecule has 0 aromatic carbocycles. The topological polar surface area (TPSA) is 23.5 Å². The third kappa shape index (κ3) is 1.74. The molecule has 1 N–H and O–H groups in total. The normalized spacial score (nSPS) is 40.9. The number of rotatable bonds is 1. The maximum atomic E-state index is 9.72. The number of likely N-dealkylation sites (tertiary alicyclic amines) is 1. The highest BCUT2D eigenvalue weighted by Crippen LogP contribution is 2.32. The number of aliphatic hydroxyl groups is 1. The highest BCUT2D eigenvalue weighted by molar-refractivity contribution is 4.88. The van der Waals surface area contributed by atoms with Crippen molar-refractivity contribution in [2.75, 3.05) is 20.1 Å². The van der Waals surface area contributed by atoms with Gasteiger partial charge in [0.1, 0.15) is 0 Å². The smallest absolute Gasteiger partial charge is 0.0618 e. The second kappa shape index (κ2) is 3.11. The van der Waals surface area contributed by atoms with E-state index in [0.29, 0.717) is 0 Å². The minimum atomic E-state index is -0.0938. The Balaban J connectivity index is 2.60. The van der Waals surface area contributed by atoms with E-state index in [4.69, 9.17) is 0 Å². The van der Waals surface area contributed by atoms with Gasteiger partial charge in [0, 0.05) is 18.5 Å².